The highest BCUT2D eigenvalue weighted by Gasteiger charge is 2.33. The van der Waals surface area contributed by atoms with Crippen molar-refractivity contribution >= 4 is 17.3 Å². The van der Waals surface area contributed by atoms with Crippen molar-refractivity contribution in [1.82, 2.24) is 25.1 Å². The zero-order valence-electron chi connectivity index (χ0n) is 23.9. The van der Waals surface area contributed by atoms with Crippen molar-refractivity contribution in [2.24, 2.45) is 0 Å². The largest absolute Gasteiger partial charge is 0.457 e. The Labute approximate surface area is 249 Å². The van der Waals surface area contributed by atoms with Gasteiger partial charge in [0.2, 0.25) is 0 Å². The van der Waals surface area contributed by atoms with Crippen molar-refractivity contribution in [3.8, 4) is 11.5 Å². The molecule has 2 aromatic carbocycles. The maximum absolute atomic E-state index is 12.8. The van der Waals surface area contributed by atoms with Crippen molar-refractivity contribution in [1.29, 1.82) is 5.41 Å². The summed E-state index contributed by atoms with van der Waals surface area (Å²) in [6.07, 6.45) is 1.44. The number of ether oxygens (including phenoxy) is 1. The van der Waals surface area contributed by atoms with Crippen LogP contribution >= 0.6 is 0 Å². The van der Waals surface area contributed by atoms with Crippen molar-refractivity contribution < 1.29 is 17.9 Å². The number of hydrogen-bond donors (Lipinski definition) is 4. The van der Waals surface area contributed by atoms with Crippen molar-refractivity contribution in [3.63, 3.8) is 0 Å². The van der Waals surface area contributed by atoms with E-state index < -0.39 is 11.7 Å². The van der Waals surface area contributed by atoms with E-state index in [2.05, 4.69) is 30.4 Å². The molecule has 228 valence electrons. The fourth-order valence-electron chi connectivity index (χ4n) is 6.19. The molecule has 0 spiro atoms. The maximum atomic E-state index is 12.8. The lowest BCUT2D eigenvalue weighted by Crippen LogP contribution is -2.60. The van der Waals surface area contributed by atoms with Crippen molar-refractivity contribution in [3.05, 3.63) is 71.5 Å². The second-order valence-corrected chi connectivity index (χ2v) is 11.5. The number of halogens is 3. The summed E-state index contributed by atoms with van der Waals surface area (Å²) in [5, 5.41) is 15.8. The smallest absolute Gasteiger partial charge is 0.416 e. The predicted molar refractivity (Wildman–Crippen MR) is 160 cm³/mol. The van der Waals surface area contributed by atoms with Crippen LogP contribution < -0.4 is 21.1 Å². The average molecular weight is 595 g/mol. The summed E-state index contributed by atoms with van der Waals surface area (Å²) in [6, 6.07) is 12.9. The molecule has 0 aliphatic carbocycles. The Morgan fingerprint density at radius 1 is 0.860 bits per heavy atom. The first-order valence-electron chi connectivity index (χ1n) is 14.8. The van der Waals surface area contributed by atoms with E-state index in [9.17, 15) is 13.2 Å². The Morgan fingerprint density at radius 2 is 1.44 bits per heavy atom. The number of nitrogens with two attached hydrogens (primary N) is 1. The normalized spacial score (nSPS) is 19.6. The number of aromatic nitrogens is 2. The van der Waals surface area contributed by atoms with Crippen LogP contribution in [-0.4, -0.2) is 82.9 Å². The third-order valence-electron chi connectivity index (χ3n) is 8.85. The minimum Gasteiger partial charge on any atom is -0.457 e. The molecule has 3 saturated heterocycles. The van der Waals surface area contributed by atoms with Gasteiger partial charge in [-0.15, -0.1) is 0 Å². The van der Waals surface area contributed by atoms with Crippen LogP contribution in [0.15, 0.2) is 54.9 Å². The lowest BCUT2D eigenvalue weighted by molar-refractivity contribution is -0.137. The topological polar surface area (TPSA) is 115 Å². The monoisotopic (exact) mass is 594 g/mol. The summed E-state index contributed by atoms with van der Waals surface area (Å²) >= 11 is 0. The molecule has 0 atom stereocenters. The summed E-state index contributed by atoms with van der Waals surface area (Å²) in [5.74, 6) is 1.48. The Bertz CT molecular complexity index is 1400. The van der Waals surface area contributed by atoms with Gasteiger partial charge in [-0.3, -0.25) is 10.3 Å². The van der Waals surface area contributed by atoms with E-state index in [1.54, 1.807) is 24.3 Å². The molecule has 3 aliphatic heterocycles. The number of likely N-dealkylation sites (tertiary alicyclic amines) is 2. The van der Waals surface area contributed by atoms with Crippen LogP contribution in [0.4, 0.5) is 24.8 Å². The van der Waals surface area contributed by atoms with Gasteiger partial charge in [0.25, 0.3) is 0 Å². The number of nitrogens with one attached hydrogen (secondary N) is 3. The highest BCUT2D eigenvalue weighted by molar-refractivity contribution is 6.16. The molecule has 12 heteroatoms. The number of anilines is 2. The van der Waals surface area contributed by atoms with E-state index in [0.717, 1.165) is 57.2 Å². The molecule has 0 bridgehead atoms. The summed E-state index contributed by atoms with van der Waals surface area (Å²) in [4.78, 5) is 13.9. The van der Waals surface area contributed by atoms with Gasteiger partial charge >= 0.3 is 6.18 Å². The van der Waals surface area contributed by atoms with Crippen LogP contribution in [-0.2, 0) is 6.18 Å². The number of benzene rings is 2. The number of rotatable bonds is 8. The fraction of sp³-hybridized carbons (Fsp3) is 0.452. The molecule has 3 aliphatic rings. The van der Waals surface area contributed by atoms with Gasteiger partial charge in [-0.1, -0.05) is 0 Å². The number of hydrogen-bond acceptors (Lipinski definition) is 9. The molecular weight excluding hydrogens is 557 g/mol. The molecule has 5 N–H and O–H groups in total. The quantitative estimate of drug-likeness (QED) is 0.280. The van der Waals surface area contributed by atoms with Gasteiger partial charge in [0, 0.05) is 63.0 Å². The molecule has 6 rings (SSSR count). The number of piperidine rings is 2. The molecule has 43 heavy (non-hydrogen) atoms. The van der Waals surface area contributed by atoms with Crippen molar-refractivity contribution in [2.45, 2.75) is 50.0 Å². The average Bonchev–Trinajstić information content (AvgIpc) is 2.97. The standard InChI is InChI=1S/C31H37F3N8O/c32-31(33,34)21-3-7-26(8-4-21)43-25-5-1-20(2-6-25)28(35)27-29(36)38-19-39-30(27)40-22-9-13-41(14-10-22)23-11-15-42(16-12-23)24-17-37-18-24/h1-8,19,22-24,35,37H,9-18H2,(H3,36,38,39,40). The van der Waals surface area contributed by atoms with Crippen LogP contribution in [0.5, 0.6) is 11.5 Å². The van der Waals surface area contributed by atoms with Gasteiger partial charge in [0.05, 0.1) is 16.8 Å². The highest BCUT2D eigenvalue weighted by Crippen LogP contribution is 2.32. The number of alkyl halides is 3. The maximum Gasteiger partial charge on any atom is 0.416 e. The Hall–Kier alpha value is -3.74. The molecule has 4 heterocycles. The first-order chi connectivity index (χ1) is 20.7. The first kappa shape index (κ1) is 29.3. The number of nitrogen functional groups attached to an aromatic ring is 1. The Balaban J connectivity index is 1.05. The van der Waals surface area contributed by atoms with E-state index in [1.807, 2.05) is 0 Å². The van der Waals surface area contributed by atoms with E-state index in [-0.39, 0.29) is 23.3 Å². The summed E-state index contributed by atoms with van der Waals surface area (Å²) in [7, 11) is 0. The Morgan fingerprint density at radius 3 is 2.02 bits per heavy atom. The molecular formula is C31H37F3N8O. The summed E-state index contributed by atoms with van der Waals surface area (Å²) in [6.45, 7) is 6.68. The summed E-state index contributed by atoms with van der Waals surface area (Å²) in [5.41, 5.74) is 6.72. The van der Waals surface area contributed by atoms with Crippen LogP contribution in [0.2, 0.25) is 0 Å². The zero-order valence-corrected chi connectivity index (χ0v) is 23.9. The van der Waals surface area contributed by atoms with Crippen LogP contribution in [0.25, 0.3) is 0 Å². The lowest BCUT2D eigenvalue weighted by atomic mass is 9.96. The van der Waals surface area contributed by atoms with Gasteiger partial charge in [-0.2, -0.15) is 13.2 Å². The second kappa shape index (κ2) is 12.5. The zero-order chi connectivity index (χ0) is 30.0. The third-order valence-corrected chi connectivity index (χ3v) is 8.85. The van der Waals surface area contributed by atoms with Gasteiger partial charge in [-0.05, 0) is 74.2 Å². The molecule has 0 saturated carbocycles. The van der Waals surface area contributed by atoms with Crippen LogP contribution in [0.3, 0.4) is 0 Å². The van der Waals surface area contributed by atoms with Gasteiger partial charge in [0.15, 0.2) is 0 Å². The molecule has 0 radical (unpaired) electrons. The lowest BCUT2D eigenvalue weighted by Gasteiger charge is -2.46. The van der Waals surface area contributed by atoms with E-state index >= 15 is 0 Å². The van der Waals surface area contributed by atoms with Crippen LogP contribution in [0, 0.1) is 5.41 Å². The summed E-state index contributed by atoms with van der Waals surface area (Å²) < 4.78 is 44.2. The molecule has 3 aromatic rings. The second-order valence-electron chi connectivity index (χ2n) is 11.5. The molecule has 0 unspecified atom stereocenters. The third kappa shape index (κ3) is 6.76. The van der Waals surface area contributed by atoms with Gasteiger partial charge < -0.3 is 26.0 Å². The van der Waals surface area contributed by atoms with Crippen LogP contribution in [0.1, 0.15) is 42.4 Å². The number of nitrogens with zero attached hydrogens (tertiary/aromatic N) is 4. The molecule has 0 amide bonds. The minimum absolute atomic E-state index is 0.174. The highest BCUT2D eigenvalue weighted by atomic mass is 19.4. The first-order valence-corrected chi connectivity index (χ1v) is 14.8. The van der Waals surface area contributed by atoms with Gasteiger partial charge in [0.1, 0.15) is 29.5 Å². The SMILES string of the molecule is N=C(c1ccc(Oc2ccc(C(F)(F)F)cc2)cc1)c1c(N)ncnc1NC1CCN(C2CCN(C3CNC3)CC2)CC1. The molecule has 9 nitrogen and oxygen atoms in total. The predicted octanol–water partition coefficient (Wildman–Crippen LogP) is 4.60. The molecule has 1 aromatic heterocycles. The van der Waals surface area contributed by atoms with E-state index in [4.69, 9.17) is 15.9 Å². The fourth-order valence-corrected chi connectivity index (χ4v) is 6.19. The van der Waals surface area contributed by atoms with Gasteiger partial charge in [-0.25, -0.2) is 9.97 Å². The Kier molecular flexibility index (Phi) is 8.51. The minimum atomic E-state index is -4.40. The van der Waals surface area contributed by atoms with E-state index in [0.29, 0.717) is 28.7 Å². The van der Waals surface area contributed by atoms with Crippen molar-refractivity contribution in [2.75, 3.05) is 50.3 Å². The van der Waals surface area contributed by atoms with E-state index in [1.165, 1.54) is 44.4 Å². The molecule has 3 fully saturated rings.